The SMILES string of the molecule is CCC(C(=O)OC(C)C(=O)N1CCc2sccc2C1)c1ccccc1. The van der Waals surface area contributed by atoms with Gasteiger partial charge in [-0.05, 0) is 42.3 Å². The summed E-state index contributed by atoms with van der Waals surface area (Å²) in [4.78, 5) is 28.3. The number of benzene rings is 1. The summed E-state index contributed by atoms with van der Waals surface area (Å²) in [6.07, 6.45) is 0.762. The third-order valence-electron chi connectivity index (χ3n) is 4.65. The van der Waals surface area contributed by atoms with Crippen molar-refractivity contribution in [2.75, 3.05) is 6.54 Å². The number of carbonyl (C=O) groups excluding carboxylic acids is 2. The van der Waals surface area contributed by atoms with Crippen LogP contribution in [-0.2, 0) is 27.3 Å². The number of rotatable bonds is 5. The summed E-state index contributed by atoms with van der Waals surface area (Å²) in [6.45, 7) is 4.91. The largest absolute Gasteiger partial charge is 0.452 e. The molecule has 0 saturated carbocycles. The highest BCUT2D eigenvalue weighted by molar-refractivity contribution is 7.10. The summed E-state index contributed by atoms with van der Waals surface area (Å²) in [7, 11) is 0. The van der Waals surface area contributed by atoms with E-state index in [1.807, 2.05) is 37.3 Å². The molecule has 0 radical (unpaired) electrons. The molecule has 1 aromatic carbocycles. The first-order valence-electron chi connectivity index (χ1n) is 8.69. The molecule has 1 aliphatic rings. The van der Waals surface area contributed by atoms with Crippen LogP contribution in [0.3, 0.4) is 0 Å². The predicted octanol–water partition coefficient (Wildman–Crippen LogP) is 3.76. The first kappa shape index (κ1) is 17.7. The van der Waals surface area contributed by atoms with E-state index in [4.69, 9.17) is 4.74 Å². The normalized spacial score (nSPS) is 16.0. The first-order chi connectivity index (χ1) is 12.1. The summed E-state index contributed by atoms with van der Waals surface area (Å²) in [5, 5.41) is 2.06. The lowest BCUT2D eigenvalue weighted by atomic mass is 9.97. The summed E-state index contributed by atoms with van der Waals surface area (Å²) in [5.41, 5.74) is 2.13. The monoisotopic (exact) mass is 357 g/mol. The van der Waals surface area contributed by atoms with Gasteiger partial charge in [-0.25, -0.2) is 0 Å². The van der Waals surface area contributed by atoms with Crippen molar-refractivity contribution in [2.24, 2.45) is 0 Å². The Balaban J connectivity index is 1.62. The van der Waals surface area contributed by atoms with E-state index in [1.54, 1.807) is 23.2 Å². The van der Waals surface area contributed by atoms with Crippen molar-refractivity contribution in [3.8, 4) is 0 Å². The van der Waals surface area contributed by atoms with E-state index in [0.717, 1.165) is 12.0 Å². The lowest BCUT2D eigenvalue weighted by molar-refractivity contribution is -0.160. The predicted molar refractivity (Wildman–Crippen MR) is 98.5 cm³/mol. The van der Waals surface area contributed by atoms with Crippen molar-refractivity contribution in [2.45, 2.75) is 45.3 Å². The molecular weight excluding hydrogens is 334 g/mol. The fourth-order valence-electron chi connectivity index (χ4n) is 3.22. The van der Waals surface area contributed by atoms with Crippen molar-refractivity contribution in [1.29, 1.82) is 0 Å². The van der Waals surface area contributed by atoms with Crippen LogP contribution in [0.2, 0.25) is 0 Å². The zero-order chi connectivity index (χ0) is 17.8. The molecule has 132 valence electrons. The van der Waals surface area contributed by atoms with Crippen molar-refractivity contribution in [3.63, 3.8) is 0 Å². The van der Waals surface area contributed by atoms with Crippen LogP contribution in [0.1, 0.15) is 42.2 Å². The Labute approximate surface area is 152 Å². The molecule has 5 heteroatoms. The molecule has 25 heavy (non-hydrogen) atoms. The van der Waals surface area contributed by atoms with Crippen molar-refractivity contribution in [3.05, 3.63) is 57.8 Å². The summed E-state index contributed by atoms with van der Waals surface area (Å²) < 4.78 is 5.51. The minimum atomic E-state index is -0.759. The molecule has 3 rings (SSSR count). The van der Waals surface area contributed by atoms with Gasteiger partial charge in [0.15, 0.2) is 6.10 Å². The van der Waals surface area contributed by atoms with Gasteiger partial charge in [0, 0.05) is 18.0 Å². The van der Waals surface area contributed by atoms with Crippen LogP contribution in [0.15, 0.2) is 41.8 Å². The number of esters is 1. The van der Waals surface area contributed by atoms with Gasteiger partial charge >= 0.3 is 5.97 Å². The van der Waals surface area contributed by atoms with Gasteiger partial charge in [-0.2, -0.15) is 0 Å². The Bertz CT molecular complexity index is 740. The van der Waals surface area contributed by atoms with Gasteiger partial charge in [-0.3, -0.25) is 9.59 Å². The van der Waals surface area contributed by atoms with E-state index in [2.05, 4.69) is 11.4 Å². The average molecular weight is 357 g/mol. The van der Waals surface area contributed by atoms with Gasteiger partial charge in [0.05, 0.1) is 5.92 Å². The summed E-state index contributed by atoms with van der Waals surface area (Å²) >= 11 is 1.74. The van der Waals surface area contributed by atoms with Crippen molar-refractivity contribution < 1.29 is 14.3 Å². The lowest BCUT2D eigenvalue weighted by Crippen LogP contribution is -2.42. The summed E-state index contributed by atoms with van der Waals surface area (Å²) in [5.74, 6) is -0.780. The van der Waals surface area contributed by atoms with Gasteiger partial charge in [-0.15, -0.1) is 11.3 Å². The molecule has 4 nitrogen and oxygen atoms in total. The highest BCUT2D eigenvalue weighted by atomic mass is 32.1. The Morgan fingerprint density at radius 3 is 2.72 bits per heavy atom. The van der Waals surface area contributed by atoms with E-state index in [-0.39, 0.29) is 17.8 Å². The molecule has 0 bridgehead atoms. The zero-order valence-corrected chi connectivity index (χ0v) is 15.4. The van der Waals surface area contributed by atoms with E-state index in [9.17, 15) is 9.59 Å². The third kappa shape index (κ3) is 3.93. The quantitative estimate of drug-likeness (QED) is 0.766. The molecular formula is C20H23NO3S. The van der Waals surface area contributed by atoms with E-state index < -0.39 is 6.10 Å². The van der Waals surface area contributed by atoms with Crippen molar-refractivity contribution in [1.82, 2.24) is 4.90 Å². The molecule has 0 spiro atoms. The van der Waals surface area contributed by atoms with Gasteiger partial charge in [0.1, 0.15) is 0 Å². The van der Waals surface area contributed by atoms with Crippen LogP contribution in [0, 0.1) is 0 Å². The van der Waals surface area contributed by atoms with Gasteiger partial charge in [-0.1, -0.05) is 37.3 Å². The third-order valence-corrected chi connectivity index (χ3v) is 5.68. The Kier molecular flexibility index (Phi) is 5.53. The van der Waals surface area contributed by atoms with Gasteiger partial charge in [0.25, 0.3) is 5.91 Å². The van der Waals surface area contributed by atoms with E-state index in [0.29, 0.717) is 19.5 Å². The van der Waals surface area contributed by atoms with Gasteiger partial charge in [0.2, 0.25) is 0 Å². The molecule has 0 aliphatic carbocycles. The minimum absolute atomic E-state index is 0.117. The van der Waals surface area contributed by atoms with Crippen molar-refractivity contribution >= 4 is 23.2 Å². The zero-order valence-electron chi connectivity index (χ0n) is 14.6. The number of hydrogen-bond donors (Lipinski definition) is 0. The number of fused-ring (bicyclic) bond motifs is 1. The number of nitrogens with zero attached hydrogens (tertiary/aromatic N) is 1. The maximum Gasteiger partial charge on any atom is 0.314 e. The standard InChI is InChI=1S/C20H23NO3S/c1-3-17(15-7-5-4-6-8-15)20(23)24-14(2)19(22)21-11-9-18-16(13-21)10-12-25-18/h4-8,10,12,14,17H,3,9,11,13H2,1-2H3. The van der Waals surface area contributed by atoms with E-state index >= 15 is 0 Å². The molecule has 2 unspecified atom stereocenters. The Morgan fingerprint density at radius 1 is 1.24 bits per heavy atom. The second kappa shape index (κ2) is 7.83. The molecule has 0 saturated heterocycles. The van der Waals surface area contributed by atoms with Crippen LogP contribution in [-0.4, -0.2) is 29.4 Å². The number of ether oxygens (including phenoxy) is 1. The molecule has 0 fully saturated rings. The van der Waals surface area contributed by atoms with Gasteiger partial charge < -0.3 is 9.64 Å². The topological polar surface area (TPSA) is 46.6 Å². The number of thiophene rings is 1. The molecule has 2 aromatic rings. The highest BCUT2D eigenvalue weighted by Gasteiger charge is 2.29. The molecule has 1 amide bonds. The molecule has 1 aliphatic heterocycles. The number of hydrogen-bond acceptors (Lipinski definition) is 4. The maximum absolute atomic E-state index is 12.7. The number of amides is 1. The second-order valence-corrected chi connectivity index (χ2v) is 7.33. The van der Waals surface area contributed by atoms with E-state index in [1.165, 1.54) is 10.4 Å². The smallest absolute Gasteiger partial charge is 0.314 e. The Morgan fingerprint density at radius 2 is 2.00 bits per heavy atom. The van der Waals surface area contributed by atoms with Crippen LogP contribution in [0.5, 0.6) is 0 Å². The van der Waals surface area contributed by atoms with Crippen LogP contribution >= 0.6 is 11.3 Å². The molecule has 0 N–H and O–H groups in total. The maximum atomic E-state index is 12.7. The number of carbonyl (C=O) groups is 2. The van der Waals surface area contributed by atoms with Crippen LogP contribution < -0.4 is 0 Å². The second-order valence-electron chi connectivity index (χ2n) is 6.33. The fraction of sp³-hybridized carbons (Fsp3) is 0.400. The highest BCUT2D eigenvalue weighted by Crippen LogP contribution is 2.25. The van der Waals surface area contributed by atoms with Crippen LogP contribution in [0.4, 0.5) is 0 Å². The lowest BCUT2D eigenvalue weighted by Gasteiger charge is -2.29. The van der Waals surface area contributed by atoms with Crippen LogP contribution in [0.25, 0.3) is 0 Å². The minimum Gasteiger partial charge on any atom is -0.452 e. The Hall–Kier alpha value is -2.14. The average Bonchev–Trinajstić information content (AvgIpc) is 3.10. The first-order valence-corrected chi connectivity index (χ1v) is 9.57. The fourth-order valence-corrected chi connectivity index (χ4v) is 4.11. The molecule has 2 atom stereocenters. The molecule has 2 heterocycles. The summed E-state index contributed by atoms with van der Waals surface area (Å²) in [6, 6.07) is 11.6. The molecule has 1 aromatic heterocycles.